The molecule has 1 aliphatic carbocycles. The second-order valence-corrected chi connectivity index (χ2v) is 4.86. The Bertz CT molecular complexity index is 422. The zero-order valence-electron chi connectivity index (χ0n) is 10.5. The maximum absolute atomic E-state index is 11.6. The first-order valence-corrected chi connectivity index (χ1v) is 6.30. The van der Waals surface area contributed by atoms with E-state index in [1.54, 1.807) is 0 Å². The van der Waals surface area contributed by atoms with Crippen LogP contribution < -0.4 is 0 Å². The van der Waals surface area contributed by atoms with Crippen molar-refractivity contribution in [1.82, 2.24) is 0 Å². The van der Waals surface area contributed by atoms with E-state index in [9.17, 15) is 4.79 Å². The van der Waals surface area contributed by atoms with Crippen LogP contribution in [0.5, 0.6) is 0 Å². The minimum atomic E-state index is 0.160. The highest BCUT2D eigenvalue weighted by molar-refractivity contribution is 6.04. The summed E-state index contributed by atoms with van der Waals surface area (Å²) >= 11 is 0. The van der Waals surface area contributed by atoms with Gasteiger partial charge >= 0.3 is 0 Å². The van der Waals surface area contributed by atoms with Gasteiger partial charge in [-0.25, -0.2) is 0 Å². The van der Waals surface area contributed by atoms with E-state index < -0.39 is 0 Å². The molecule has 0 bridgehead atoms. The molecule has 0 saturated heterocycles. The van der Waals surface area contributed by atoms with Crippen molar-refractivity contribution in [2.45, 2.75) is 39.2 Å². The van der Waals surface area contributed by atoms with Crippen molar-refractivity contribution in [1.29, 1.82) is 0 Å². The van der Waals surface area contributed by atoms with E-state index in [-0.39, 0.29) is 12.0 Å². The first-order chi connectivity index (χ1) is 8.16. The largest absolute Gasteiger partial charge is 0.299 e. The molecule has 0 N–H and O–H groups in total. The van der Waals surface area contributed by atoms with E-state index in [1.807, 2.05) is 25.1 Å². The van der Waals surface area contributed by atoms with Gasteiger partial charge in [-0.1, -0.05) is 37.3 Å². The second-order valence-electron chi connectivity index (χ2n) is 4.86. The number of aliphatic imine (C=N–C) groups is 1. The third-order valence-electron chi connectivity index (χ3n) is 3.45. The third-order valence-corrected chi connectivity index (χ3v) is 3.45. The Morgan fingerprint density at radius 2 is 2.00 bits per heavy atom. The Balaban J connectivity index is 2.07. The topological polar surface area (TPSA) is 29.4 Å². The second kappa shape index (κ2) is 5.26. The van der Waals surface area contributed by atoms with Crippen LogP contribution in [0.25, 0.3) is 0 Å². The molecule has 0 radical (unpaired) electrons. The summed E-state index contributed by atoms with van der Waals surface area (Å²) in [6, 6.07) is 10.4. The fourth-order valence-corrected chi connectivity index (χ4v) is 2.20. The first-order valence-electron chi connectivity index (χ1n) is 6.30. The molecule has 1 saturated carbocycles. The molecule has 90 valence electrons. The minimum absolute atomic E-state index is 0.160. The van der Waals surface area contributed by atoms with Crippen molar-refractivity contribution in [3.63, 3.8) is 0 Å². The highest BCUT2D eigenvalue weighted by Crippen LogP contribution is 2.22. The summed E-state index contributed by atoms with van der Waals surface area (Å²) in [7, 11) is 0. The zero-order chi connectivity index (χ0) is 12.3. The summed E-state index contributed by atoms with van der Waals surface area (Å²) in [5.74, 6) is 0.566. The van der Waals surface area contributed by atoms with Crippen LogP contribution in [0.2, 0.25) is 0 Å². The Kier molecular flexibility index (Phi) is 3.72. The van der Waals surface area contributed by atoms with Crippen LogP contribution in [0.1, 0.15) is 44.7 Å². The van der Waals surface area contributed by atoms with Crippen LogP contribution in [-0.4, -0.2) is 11.5 Å². The molecular formula is C15H19NO. The average Bonchev–Trinajstić information content (AvgIpc) is 2.35. The van der Waals surface area contributed by atoms with Gasteiger partial charge in [-0.05, 0) is 25.3 Å². The number of carbonyl (C=O) groups is 1. The summed E-state index contributed by atoms with van der Waals surface area (Å²) < 4.78 is 0. The fourth-order valence-electron chi connectivity index (χ4n) is 2.20. The number of rotatable bonds is 2. The highest BCUT2D eigenvalue weighted by Gasteiger charge is 2.22. The summed E-state index contributed by atoms with van der Waals surface area (Å²) in [5.41, 5.74) is 2.29. The van der Waals surface area contributed by atoms with Gasteiger partial charge in [0, 0.05) is 18.1 Å². The lowest BCUT2D eigenvalue weighted by atomic mass is 9.88. The molecule has 0 spiro atoms. The Morgan fingerprint density at radius 3 is 2.65 bits per heavy atom. The van der Waals surface area contributed by atoms with Crippen molar-refractivity contribution in [2.24, 2.45) is 10.9 Å². The molecule has 1 aromatic carbocycles. The van der Waals surface area contributed by atoms with Gasteiger partial charge in [-0.15, -0.1) is 0 Å². The molecule has 1 aromatic rings. The van der Waals surface area contributed by atoms with Crippen LogP contribution in [-0.2, 0) is 4.79 Å². The summed E-state index contributed by atoms with van der Waals surface area (Å²) in [6.45, 7) is 4.10. The fraction of sp³-hybridized carbons (Fsp3) is 0.467. The lowest BCUT2D eigenvalue weighted by molar-refractivity contribution is -0.121. The molecule has 2 rings (SSSR count). The van der Waals surface area contributed by atoms with Gasteiger partial charge in [0.2, 0.25) is 0 Å². The minimum Gasteiger partial charge on any atom is -0.299 e. The molecule has 1 fully saturated rings. The van der Waals surface area contributed by atoms with Gasteiger partial charge in [0.1, 0.15) is 5.78 Å². The lowest BCUT2D eigenvalue weighted by Crippen LogP contribution is -2.23. The van der Waals surface area contributed by atoms with E-state index >= 15 is 0 Å². The Labute approximate surface area is 103 Å². The first kappa shape index (κ1) is 12.0. The van der Waals surface area contributed by atoms with Crippen LogP contribution in [0, 0.1) is 5.92 Å². The van der Waals surface area contributed by atoms with Crippen molar-refractivity contribution >= 4 is 11.5 Å². The van der Waals surface area contributed by atoms with Gasteiger partial charge in [-0.2, -0.15) is 0 Å². The van der Waals surface area contributed by atoms with E-state index in [1.165, 1.54) is 5.56 Å². The Morgan fingerprint density at radius 1 is 1.29 bits per heavy atom. The van der Waals surface area contributed by atoms with Crippen LogP contribution in [0.4, 0.5) is 0 Å². The maximum Gasteiger partial charge on any atom is 0.141 e. The number of nitrogens with zero attached hydrogens (tertiary/aromatic N) is 1. The predicted molar refractivity (Wildman–Crippen MR) is 70.3 cm³/mol. The Hall–Kier alpha value is -1.44. The molecular weight excluding hydrogens is 210 g/mol. The van der Waals surface area contributed by atoms with Crippen LogP contribution in [0.3, 0.4) is 0 Å². The molecule has 0 aliphatic heterocycles. The van der Waals surface area contributed by atoms with Gasteiger partial charge in [0.05, 0.1) is 6.04 Å². The van der Waals surface area contributed by atoms with Gasteiger partial charge in [-0.3, -0.25) is 9.79 Å². The third kappa shape index (κ3) is 3.02. The van der Waals surface area contributed by atoms with Gasteiger partial charge < -0.3 is 0 Å². The quantitative estimate of drug-likeness (QED) is 0.762. The van der Waals surface area contributed by atoms with E-state index in [2.05, 4.69) is 24.0 Å². The molecule has 2 nitrogen and oxygen atoms in total. The maximum atomic E-state index is 11.6. The molecule has 0 heterocycles. The smallest absolute Gasteiger partial charge is 0.141 e. The number of benzene rings is 1. The number of hydrogen-bond donors (Lipinski definition) is 0. The van der Waals surface area contributed by atoms with Crippen molar-refractivity contribution in [3.05, 3.63) is 35.9 Å². The molecule has 1 aliphatic rings. The SMILES string of the molecule is C[C@@H]1CCC(=N[C@@H](C)c2ccccc2)CC1=O. The lowest BCUT2D eigenvalue weighted by Gasteiger charge is -2.19. The number of Topliss-reactive ketones (excluding diaryl/α,β-unsaturated/α-hetero) is 1. The zero-order valence-corrected chi connectivity index (χ0v) is 10.5. The standard InChI is InChI=1S/C15H19NO/c1-11-8-9-14(10-15(11)17)16-12(2)13-6-4-3-5-7-13/h3-7,11-12H,8-10H2,1-2H3/t11-,12+/m1/s1. The van der Waals surface area contributed by atoms with E-state index in [0.29, 0.717) is 12.2 Å². The normalized spacial score (nSPS) is 24.9. The number of hydrogen-bond acceptors (Lipinski definition) is 2. The molecule has 17 heavy (non-hydrogen) atoms. The average molecular weight is 229 g/mol. The van der Waals surface area contributed by atoms with Crippen molar-refractivity contribution in [3.8, 4) is 0 Å². The molecule has 0 amide bonds. The van der Waals surface area contributed by atoms with Gasteiger partial charge in [0.15, 0.2) is 0 Å². The van der Waals surface area contributed by atoms with E-state index in [0.717, 1.165) is 18.6 Å². The van der Waals surface area contributed by atoms with Gasteiger partial charge in [0.25, 0.3) is 0 Å². The van der Waals surface area contributed by atoms with Crippen LogP contribution >= 0.6 is 0 Å². The van der Waals surface area contributed by atoms with E-state index in [4.69, 9.17) is 0 Å². The highest BCUT2D eigenvalue weighted by atomic mass is 16.1. The monoisotopic (exact) mass is 229 g/mol. The predicted octanol–water partition coefficient (Wildman–Crippen LogP) is 3.58. The molecule has 0 aromatic heterocycles. The number of ketones is 1. The molecule has 2 atom stereocenters. The van der Waals surface area contributed by atoms with Crippen LogP contribution in [0.15, 0.2) is 35.3 Å². The summed E-state index contributed by atoms with van der Waals surface area (Å²) in [6.07, 6.45) is 2.49. The molecule has 0 unspecified atom stereocenters. The summed E-state index contributed by atoms with van der Waals surface area (Å²) in [5, 5.41) is 0. The summed E-state index contributed by atoms with van der Waals surface area (Å²) in [4.78, 5) is 16.3. The van der Waals surface area contributed by atoms with Crippen molar-refractivity contribution in [2.75, 3.05) is 0 Å². The number of carbonyl (C=O) groups excluding carboxylic acids is 1. The molecule has 2 heteroatoms. The van der Waals surface area contributed by atoms with Crippen molar-refractivity contribution < 1.29 is 4.79 Å².